The maximum Gasteiger partial charge on any atom is 0.573 e. The lowest BCUT2D eigenvalue weighted by atomic mass is 10.1. The summed E-state index contributed by atoms with van der Waals surface area (Å²) in [4.78, 5) is 10.7. The fourth-order valence-electron chi connectivity index (χ4n) is 1.36. The largest absolute Gasteiger partial charge is 0.573 e. The Morgan fingerprint density at radius 1 is 1.19 bits per heavy atom. The zero-order valence-corrected chi connectivity index (χ0v) is 11.6. The number of hydrogen-bond acceptors (Lipinski definition) is 3. The van der Waals surface area contributed by atoms with Crippen molar-refractivity contribution in [2.24, 2.45) is 0 Å². The number of hydrogen-bond donors (Lipinski definition) is 0. The van der Waals surface area contributed by atoms with Crippen LogP contribution in [-0.2, 0) is 11.2 Å². The molecule has 0 fully saturated rings. The quantitative estimate of drug-likeness (QED) is 0.442. The van der Waals surface area contributed by atoms with Crippen LogP contribution in [0.4, 0.5) is 26.3 Å². The monoisotopic (exact) mass is 352 g/mol. The molecule has 0 saturated carbocycles. The summed E-state index contributed by atoms with van der Waals surface area (Å²) in [5.41, 5.74) is -4.84. The first-order valence-corrected chi connectivity index (χ1v) is 6.57. The Morgan fingerprint density at radius 3 is 2.29 bits per heavy atom. The number of carbonyl (C=O) groups excluding carboxylic acids is 1. The summed E-state index contributed by atoms with van der Waals surface area (Å²) in [6, 6.07) is 2.51. The van der Waals surface area contributed by atoms with E-state index in [-0.39, 0.29) is 5.56 Å². The topological polar surface area (TPSA) is 26.3 Å². The molecule has 0 N–H and O–H groups in total. The van der Waals surface area contributed by atoms with Gasteiger partial charge < -0.3 is 4.74 Å². The highest BCUT2D eigenvalue weighted by atomic mass is 35.5. The van der Waals surface area contributed by atoms with Crippen molar-refractivity contribution in [3.8, 4) is 5.75 Å². The lowest BCUT2D eigenvalue weighted by Gasteiger charge is -2.14. The minimum absolute atomic E-state index is 0.190. The van der Waals surface area contributed by atoms with Crippen LogP contribution in [0.1, 0.15) is 5.56 Å². The number of alkyl halides is 7. The van der Waals surface area contributed by atoms with Gasteiger partial charge in [-0.05, 0) is 23.9 Å². The summed E-state index contributed by atoms with van der Waals surface area (Å²) in [5, 5.41) is 0. The van der Waals surface area contributed by atoms with Gasteiger partial charge in [-0.25, -0.2) is 0 Å². The SMILES string of the molecule is O=C(CCl)Cc1ccc(SC(F)(F)F)cc1OC(F)(F)F. The molecule has 0 atom stereocenters. The predicted molar refractivity (Wildman–Crippen MR) is 64.5 cm³/mol. The number of thioether (sulfide) groups is 1. The van der Waals surface area contributed by atoms with Gasteiger partial charge in [0.15, 0.2) is 5.78 Å². The van der Waals surface area contributed by atoms with E-state index in [9.17, 15) is 31.1 Å². The van der Waals surface area contributed by atoms with E-state index in [1.54, 1.807) is 0 Å². The molecule has 21 heavy (non-hydrogen) atoms. The molecule has 0 bridgehead atoms. The van der Waals surface area contributed by atoms with Gasteiger partial charge in [0.2, 0.25) is 0 Å². The van der Waals surface area contributed by atoms with Crippen molar-refractivity contribution in [2.75, 3.05) is 5.88 Å². The molecule has 118 valence electrons. The zero-order chi connectivity index (χ0) is 16.3. The average Bonchev–Trinajstić information content (AvgIpc) is 2.28. The Kier molecular flexibility index (Phi) is 5.80. The van der Waals surface area contributed by atoms with Crippen LogP contribution in [0.3, 0.4) is 0 Å². The van der Waals surface area contributed by atoms with Crippen molar-refractivity contribution in [1.82, 2.24) is 0 Å². The number of rotatable bonds is 5. The smallest absolute Gasteiger partial charge is 0.405 e. The highest BCUT2D eigenvalue weighted by Crippen LogP contribution is 2.39. The minimum atomic E-state index is -5.08. The Balaban J connectivity index is 3.10. The van der Waals surface area contributed by atoms with Crippen LogP contribution in [0.2, 0.25) is 0 Å². The van der Waals surface area contributed by atoms with Crippen LogP contribution in [0.5, 0.6) is 5.75 Å². The maximum absolute atomic E-state index is 12.2. The van der Waals surface area contributed by atoms with Gasteiger partial charge in [0.25, 0.3) is 0 Å². The summed E-state index contributed by atoms with van der Waals surface area (Å²) in [5.74, 6) is -1.86. The van der Waals surface area contributed by atoms with Crippen molar-refractivity contribution in [2.45, 2.75) is 23.2 Å². The lowest BCUT2D eigenvalue weighted by molar-refractivity contribution is -0.275. The van der Waals surface area contributed by atoms with Gasteiger partial charge in [0.1, 0.15) is 5.75 Å². The van der Waals surface area contributed by atoms with Crippen LogP contribution in [0, 0.1) is 0 Å². The Labute approximate surface area is 124 Å². The van der Waals surface area contributed by atoms with E-state index in [0.717, 1.165) is 12.1 Å². The second-order valence-corrected chi connectivity index (χ2v) is 5.12. The number of ether oxygens (including phenoxy) is 1. The first-order chi connectivity index (χ1) is 9.50. The molecule has 0 radical (unpaired) electrons. The molecule has 0 saturated heterocycles. The summed E-state index contributed by atoms with van der Waals surface area (Å²) in [6.45, 7) is 0. The van der Waals surface area contributed by atoms with Crippen LogP contribution in [-0.4, -0.2) is 23.5 Å². The second kappa shape index (κ2) is 6.78. The van der Waals surface area contributed by atoms with Gasteiger partial charge in [0, 0.05) is 16.9 Å². The van der Waals surface area contributed by atoms with Crippen molar-refractivity contribution in [3.05, 3.63) is 23.8 Å². The number of ketones is 1. The van der Waals surface area contributed by atoms with Gasteiger partial charge in [-0.2, -0.15) is 13.2 Å². The molecule has 0 spiro atoms. The Bertz CT molecular complexity index is 514. The van der Waals surface area contributed by atoms with E-state index in [0.29, 0.717) is 6.07 Å². The van der Waals surface area contributed by atoms with Gasteiger partial charge >= 0.3 is 11.9 Å². The third kappa shape index (κ3) is 6.94. The molecule has 1 aromatic rings. The molecule has 0 aromatic heterocycles. The second-order valence-electron chi connectivity index (χ2n) is 3.71. The summed E-state index contributed by atoms with van der Waals surface area (Å²) < 4.78 is 77.0. The number of carbonyl (C=O) groups is 1. The number of halogens is 7. The number of benzene rings is 1. The highest BCUT2D eigenvalue weighted by Gasteiger charge is 2.34. The minimum Gasteiger partial charge on any atom is -0.405 e. The third-order valence-electron chi connectivity index (χ3n) is 2.03. The molecular weight excluding hydrogens is 346 g/mol. The van der Waals surface area contributed by atoms with Gasteiger partial charge in [-0.3, -0.25) is 4.79 Å². The molecular formula is C11H7ClF6O2S. The van der Waals surface area contributed by atoms with E-state index < -0.39 is 52.4 Å². The molecule has 0 aliphatic heterocycles. The van der Waals surface area contributed by atoms with Gasteiger partial charge in [0.05, 0.1) is 5.88 Å². The molecule has 0 unspecified atom stereocenters. The third-order valence-corrected chi connectivity index (χ3v) is 3.05. The van der Waals surface area contributed by atoms with Crippen LogP contribution < -0.4 is 4.74 Å². The number of Topliss-reactive ketones (excluding diaryl/α,β-unsaturated/α-hetero) is 1. The van der Waals surface area contributed by atoms with Crippen LogP contribution >= 0.6 is 23.4 Å². The predicted octanol–water partition coefficient (Wildman–Crippen LogP) is 4.55. The van der Waals surface area contributed by atoms with Crippen LogP contribution in [0.25, 0.3) is 0 Å². The fraction of sp³-hybridized carbons (Fsp3) is 0.364. The molecule has 0 amide bonds. The van der Waals surface area contributed by atoms with Crippen molar-refractivity contribution in [3.63, 3.8) is 0 Å². The molecule has 0 heterocycles. The lowest BCUT2D eigenvalue weighted by Crippen LogP contribution is -2.19. The summed E-state index contributed by atoms with van der Waals surface area (Å²) in [6.07, 6.45) is -5.55. The Morgan fingerprint density at radius 2 is 1.81 bits per heavy atom. The molecule has 1 rings (SSSR count). The standard InChI is InChI=1S/C11H7ClF6O2S/c12-5-7(19)3-6-1-2-8(21-11(16,17)18)4-9(6)20-10(13,14)15/h1-2,4H,3,5H2. The van der Waals surface area contributed by atoms with Gasteiger partial charge in [-0.1, -0.05) is 6.07 Å². The highest BCUT2D eigenvalue weighted by molar-refractivity contribution is 8.00. The van der Waals surface area contributed by atoms with E-state index in [1.807, 2.05) is 0 Å². The van der Waals surface area contributed by atoms with Crippen molar-refractivity contribution < 1.29 is 35.9 Å². The summed E-state index contributed by atoms with van der Waals surface area (Å²) in [7, 11) is 0. The first-order valence-electron chi connectivity index (χ1n) is 5.22. The van der Waals surface area contributed by atoms with Crippen LogP contribution in [0.15, 0.2) is 23.1 Å². The molecule has 10 heteroatoms. The van der Waals surface area contributed by atoms with Crippen molar-refractivity contribution >= 4 is 29.1 Å². The molecule has 2 nitrogen and oxygen atoms in total. The molecule has 1 aromatic carbocycles. The first kappa shape index (κ1) is 18.0. The average molecular weight is 353 g/mol. The summed E-state index contributed by atoms with van der Waals surface area (Å²) >= 11 is 4.66. The van der Waals surface area contributed by atoms with E-state index in [1.165, 1.54) is 0 Å². The zero-order valence-electron chi connectivity index (χ0n) is 10.0. The van der Waals surface area contributed by atoms with E-state index in [4.69, 9.17) is 11.6 Å². The normalized spacial score (nSPS) is 12.3. The molecule has 0 aliphatic rings. The van der Waals surface area contributed by atoms with Crippen molar-refractivity contribution in [1.29, 1.82) is 0 Å². The molecule has 0 aliphatic carbocycles. The van der Waals surface area contributed by atoms with Gasteiger partial charge in [-0.15, -0.1) is 24.8 Å². The Hall–Kier alpha value is -1.09. The fourth-order valence-corrected chi connectivity index (χ4v) is 2.02. The van der Waals surface area contributed by atoms with E-state index >= 15 is 0 Å². The maximum atomic E-state index is 12.2. The van der Waals surface area contributed by atoms with E-state index in [2.05, 4.69) is 4.74 Å².